The van der Waals surface area contributed by atoms with E-state index in [1.165, 1.54) is 16.4 Å². The molecule has 1 rings (SSSR count). The minimum Gasteiger partial charge on any atom is -0.395 e. The molecule has 0 aliphatic rings. The van der Waals surface area contributed by atoms with Crippen LogP contribution in [0.4, 0.5) is 10.1 Å². The molecule has 0 aliphatic carbocycles. The Morgan fingerprint density at radius 1 is 1.39 bits per heavy atom. The maximum atomic E-state index is 13.4. The predicted molar refractivity (Wildman–Crippen MR) is 70.1 cm³/mol. The molecule has 1 aromatic carbocycles. The number of nitrogens with zero attached hydrogens (tertiary/aromatic N) is 1. The van der Waals surface area contributed by atoms with E-state index in [0.29, 0.717) is 13.0 Å². The van der Waals surface area contributed by atoms with Gasteiger partial charge >= 0.3 is 0 Å². The van der Waals surface area contributed by atoms with Crippen LogP contribution in [-0.2, 0) is 10.0 Å². The summed E-state index contributed by atoms with van der Waals surface area (Å²) in [6.07, 6.45) is 0.687. The van der Waals surface area contributed by atoms with Crippen LogP contribution in [0.1, 0.15) is 27.2 Å². The lowest BCUT2D eigenvalue weighted by molar-refractivity contribution is 0.354. The third kappa shape index (κ3) is 2.81. The summed E-state index contributed by atoms with van der Waals surface area (Å²) in [5, 5.41) is 0. The second-order valence-corrected chi connectivity index (χ2v) is 6.22. The van der Waals surface area contributed by atoms with Gasteiger partial charge in [-0.25, -0.2) is 12.8 Å². The molecule has 2 N–H and O–H groups in total. The van der Waals surface area contributed by atoms with E-state index in [1.54, 1.807) is 13.8 Å². The van der Waals surface area contributed by atoms with Gasteiger partial charge in [0.25, 0.3) is 0 Å². The molecule has 0 aliphatic heterocycles. The van der Waals surface area contributed by atoms with Gasteiger partial charge in [-0.3, -0.25) is 0 Å². The highest BCUT2D eigenvalue weighted by molar-refractivity contribution is 7.89. The van der Waals surface area contributed by atoms with E-state index in [4.69, 9.17) is 5.73 Å². The molecule has 0 fully saturated rings. The largest absolute Gasteiger partial charge is 0.395 e. The lowest BCUT2D eigenvalue weighted by Crippen LogP contribution is -2.37. The van der Waals surface area contributed by atoms with Gasteiger partial charge in [0.2, 0.25) is 10.0 Å². The van der Waals surface area contributed by atoms with E-state index in [9.17, 15) is 12.8 Å². The van der Waals surface area contributed by atoms with E-state index < -0.39 is 15.8 Å². The van der Waals surface area contributed by atoms with E-state index in [2.05, 4.69) is 0 Å². The summed E-state index contributed by atoms with van der Waals surface area (Å²) in [6, 6.07) is 3.63. The Morgan fingerprint density at radius 3 is 2.50 bits per heavy atom. The first-order chi connectivity index (χ1) is 8.32. The number of hydrogen-bond donors (Lipinski definition) is 1. The summed E-state index contributed by atoms with van der Waals surface area (Å²) in [4.78, 5) is -0.162. The van der Waals surface area contributed by atoms with Gasteiger partial charge < -0.3 is 5.73 Å². The number of nitrogen functional groups attached to an aromatic ring is 1. The van der Waals surface area contributed by atoms with E-state index in [-0.39, 0.29) is 16.6 Å². The molecule has 18 heavy (non-hydrogen) atoms. The van der Waals surface area contributed by atoms with E-state index in [0.717, 1.165) is 6.07 Å². The normalized spacial score (nSPS) is 12.3. The van der Waals surface area contributed by atoms with Crippen LogP contribution in [0.3, 0.4) is 0 Å². The SMILES string of the molecule is CCCN(C(C)C)S(=O)(=O)c1cccc(F)c1N. The zero-order chi connectivity index (χ0) is 13.9. The Morgan fingerprint density at radius 2 is 2.00 bits per heavy atom. The summed E-state index contributed by atoms with van der Waals surface area (Å²) < 4.78 is 39.5. The predicted octanol–water partition coefficient (Wildman–Crippen LogP) is 2.22. The Bertz CT molecular complexity index is 515. The van der Waals surface area contributed by atoms with Crippen molar-refractivity contribution in [3.63, 3.8) is 0 Å². The fourth-order valence-corrected chi connectivity index (χ4v) is 3.60. The van der Waals surface area contributed by atoms with Crippen molar-refractivity contribution in [2.45, 2.75) is 38.1 Å². The molecule has 0 aromatic heterocycles. The smallest absolute Gasteiger partial charge is 0.245 e. The lowest BCUT2D eigenvalue weighted by atomic mass is 10.3. The molecule has 0 saturated heterocycles. The molecular weight excluding hydrogens is 255 g/mol. The third-order valence-electron chi connectivity index (χ3n) is 2.62. The monoisotopic (exact) mass is 274 g/mol. The molecule has 0 unspecified atom stereocenters. The van der Waals surface area contributed by atoms with Crippen molar-refractivity contribution in [3.8, 4) is 0 Å². The van der Waals surface area contributed by atoms with Crippen molar-refractivity contribution in [2.75, 3.05) is 12.3 Å². The maximum Gasteiger partial charge on any atom is 0.245 e. The van der Waals surface area contributed by atoms with Crippen LogP contribution < -0.4 is 5.73 Å². The first-order valence-electron chi connectivity index (χ1n) is 5.88. The maximum absolute atomic E-state index is 13.4. The van der Waals surface area contributed by atoms with Crippen molar-refractivity contribution in [2.24, 2.45) is 0 Å². The van der Waals surface area contributed by atoms with Gasteiger partial charge in [-0.2, -0.15) is 4.31 Å². The summed E-state index contributed by atoms with van der Waals surface area (Å²) in [6.45, 7) is 5.83. The lowest BCUT2D eigenvalue weighted by Gasteiger charge is -2.26. The number of hydrogen-bond acceptors (Lipinski definition) is 3. The third-order valence-corrected chi connectivity index (χ3v) is 4.75. The number of halogens is 1. The second-order valence-electron chi connectivity index (χ2n) is 4.36. The topological polar surface area (TPSA) is 63.4 Å². The summed E-state index contributed by atoms with van der Waals surface area (Å²) >= 11 is 0. The molecule has 0 radical (unpaired) electrons. The minimum atomic E-state index is -3.75. The molecule has 0 saturated carbocycles. The summed E-state index contributed by atoms with van der Waals surface area (Å²) in [7, 11) is -3.75. The van der Waals surface area contributed by atoms with Crippen molar-refractivity contribution in [3.05, 3.63) is 24.0 Å². The molecule has 0 spiro atoms. The van der Waals surface area contributed by atoms with Crippen molar-refractivity contribution in [1.29, 1.82) is 0 Å². The Kier molecular flexibility index (Phi) is 4.70. The molecule has 1 aromatic rings. The zero-order valence-electron chi connectivity index (χ0n) is 10.9. The highest BCUT2D eigenvalue weighted by Crippen LogP contribution is 2.25. The summed E-state index contributed by atoms with van der Waals surface area (Å²) in [5.41, 5.74) is 5.20. The van der Waals surface area contributed by atoms with Gasteiger partial charge in [0, 0.05) is 12.6 Å². The van der Waals surface area contributed by atoms with Gasteiger partial charge in [-0.05, 0) is 32.4 Å². The Labute approximate surface area is 108 Å². The Balaban J connectivity index is 3.31. The van der Waals surface area contributed by atoms with Crippen LogP contribution in [0.2, 0.25) is 0 Å². The number of nitrogens with two attached hydrogens (primary N) is 1. The molecule has 6 heteroatoms. The van der Waals surface area contributed by atoms with Crippen LogP contribution in [0.25, 0.3) is 0 Å². The molecule has 0 amide bonds. The fourth-order valence-electron chi connectivity index (χ4n) is 1.74. The summed E-state index contributed by atoms with van der Waals surface area (Å²) in [5.74, 6) is -0.712. The first kappa shape index (κ1) is 14.9. The van der Waals surface area contributed by atoms with Gasteiger partial charge in [-0.15, -0.1) is 0 Å². The van der Waals surface area contributed by atoms with Crippen LogP contribution in [0.15, 0.2) is 23.1 Å². The van der Waals surface area contributed by atoms with Gasteiger partial charge in [0.15, 0.2) is 0 Å². The van der Waals surface area contributed by atoms with E-state index >= 15 is 0 Å². The molecule has 0 atom stereocenters. The second kappa shape index (κ2) is 5.67. The van der Waals surface area contributed by atoms with Crippen molar-refractivity contribution < 1.29 is 12.8 Å². The number of sulfonamides is 1. The molecule has 0 bridgehead atoms. The highest BCUT2D eigenvalue weighted by Gasteiger charge is 2.28. The van der Waals surface area contributed by atoms with Crippen LogP contribution >= 0.6 is 0 Å². The number of rotatable bonds is 5. The first-order valence-corrected chi connectivity index (χ1v) is 7.32. The van der Waals surface area contributed by atoms with Crippen LogP contribution in [-0.4, -0.2) is 25.3 Å². The van der Waals surface area contributed by atoms with Crippen LogP contribution in [0, 0.1) is 5.82 Å². The fraction of sp³-hybridized carbons (Fsp3) is 0.500. The number of para-hydroxylation sites is 1. The standard InChI is InChI=1S/C12H19FN2O2S/c1-4-8-15(9(2)3)18(16,17)11-7-5-6-10(13)12(11)14/h5-7,9H,4,8,14H2,1-3H3. The van der Waals surface area contributed by atoms with E-state index in [1.807, 2.05) is 6.92 Å². The highest BCUT2D eigenvalue weighted by atomic mass is 32.2. The molecule has 0 heterocycles. The van der Waals surface area contributed by atoms with Gasteiger partial charge in [-0.1, -0.05) is 13.0 Å². The van der Waals surface area contributed by atoms with Crippen molar-refractivity contribution >= 4 is 15.7 Å². The zero-order valence-corrected chi connectivity index (χ0v) is 11.7. The number of anilines is 1. The molecule has 4 nitrogen and oxygen atoms in total. The average molecular weight is 274 g/mol. The van der Waals surface area contributed by atoms with Gasteiger partial charge in [0.05, 0.1) is 5.69 Å². The minimum absolute atomic E-state index is 0.162. The number of benzene rings is 1. The Hall–Kier alpha value is -1.14. The molecule has 102 valence electrons. The average Bonchev–Trinajstić information content (AvgIpc) is 2.28. The quantitative estimate of drug-likeness (QED) is 0.837. The molecular formula is C12H19FN2O2S. The van der Waals surface area contributed by atoms with Crippen LogP contribution in [0.5, 0.6) is 0 Å². The van der Waals surface area contributed by atoms with Gasteiger partial charge in [0.1, 0.15) is 10.7 Å². The van der Waals surface area contributed by atoms with Crippen molar-refractivity contribution in [1.82, 2.24) is 4.31 Å².